The number of benzene rings is 3. The first-order chi connectivity index (χ1) is 14.9. The van der Waals surface area contributed by atoms with Gasteiger partial charge in [0.1, 0.15) is 0 Å². The van der Waals surface area contributed by atoms with Crippen LogP contribution in [0.25, 0.3) is 0 Å². The Hall–Kier alpha value is -3.12. The number of amides is 1. The van der Waals surface area contributed by atoms with Crippen molar-refractivity contribution in [2.24, 2.45) is 0 Å². The Bertz CT molecular complexity index is 1140. The predicted molar refractivity (Wildman–Crippen MR) is 124 cm³/mol. The highest BCUT2D eigenvalue weighted by atomic mass is 32.2. The Balaban J connectivity index is 1.63. The molecule has 1 N–H and O–H groups in total. The molecule has 5 nitrogen and oxygen atoms in total. The quantitative estimate of drug-likeness (QED) is 0.629. The summed E-state index contributed by atoms with van der Waals surface area (Å²) in [6.45, 7) is 3.54. The Morgan fingerprint density at radius 2 is 1.58 bits per heavy atom. The van der Waals surface area contributed by atoms with Crippen molar-refractivity contribution in [3.05, 3.63) is 101 Å². The summed E-state index contributed by atoms with van der Waals surface area (Å²) in [4.78, 5) is 13.2. The van der Waals surface area contributed by atoms with Crippen molar-refractivity contribution in [2.45, 2.75) is 32.4 Å². The van der Waals surface area contributed by atoms with E-state index in [2.05, 4.69) is 5.32 Å². The summed E-state index contributed by atoms with van der Waals surface area (Å²) in [5, 5.41) is 3.15. The first-order valence-electron chi connectivity index (χ1n) is 10.5. The molecule has 3 aromatic carbocycles. The molecule has 1 aliphatic heterocycles. The van der Waals surface area contributed by atoms with Gasteiger partial charge < -0.3 is 5.32 Å². The lowest BCUT2D eigenvalue weighted by Gasteiger charge is -2.23. The summed E-state index contributed by atoms with van der Waals surface area (Å²) in [6, 6.07) is 24.5. The average molecular weight is 435 g/mol. The molecule has 0 radical (unpaired) electrons. The Morgan fingerprint density at radius 1 is 1.00 bits per heavy atom. The smallest absolute Gasteiger partial charge is 0.252 e. The highest BCUT2D eigenvalue weighted by molar-refractivity contribution is 7.92. The van der Waals surface area contributed by atoms with Crippen molar-refractivity contribution < 1.29 is 13.2 Å². The largest absolute Gasteiger partial charge is 0.341 e. The molecule has 1 aliphatic rings. The first-order valence-corrected chi connectivity index (χ1v) is 12.1. The number of nitrogens with one attached hydrogen (secondary N) is 1. The molecule has 4 rings (SSSR count). The van der Waals surface area contributed by atoms with Gasteiger partial charge in [0, 0.05) is 11.6 Å². The van der Waals surface area contributed by atoms with Crippen molar-refractivity contribution in [1.29, 1.82) is 0 Å². The molecule has 6 heteroatoms. The van der Waals surface area contributed by atoms with E-state index in [1.807, 2.05) is 73.7 Å². The summed E-state index contributed by atoms with van der Waals surface area (Å²) < 4.78 is 26.5. The molecule has 1 amide bonds. The fourth-order valence-electron chi connectivity index (χ4n) is 4.17. The van der Waals surface area contributed by atoms with Crippen LogP contribution in [0.15, 0.2) is 78.9 Å². The summed E-state index contributed by atoms with van der Waals surface area (Å²) in [5.74, 6) is -0.139. The zero-order chi connectivity index (χ0) is 22.0. The minimum Gasteiger partial charge on any atom is -0.341 e. The molecule has 1 atom stereocenters. The van der Waals surface area contributed by atoms with E-state index in [-0.39, 0.29) is 23.7 Å². The third-order valence-electron chi connectivity index (χ3n) is 5.70. The van der Waals surface area contributed by atoms with E-state index in [4.69, 9.17) is 0 Å². The van der Waals surface area contributed by atoms with Crippen LogP contribution < -0.4 is 9.62 Å². The number of hydrogen-bond donors (Lipinski definition) is 1. The van der Waals surface area contributed by atoms with Gasteiger partial charge >= 0.3 is 0 Å². The fourth-order valence-corrected chi connectivity index (χ4v) is 5.55. The molecule has 31 heavy (non-hydrogen) atoms. The Kier molecular flexibility index (Phi) is 5.83. The van der Waals surface area contributed by atoms with Crippen molar-refractivity contribution in [1.82, 2.24) is 5.32 Å². The molecule has 1 heterocycles. The van der Waals surface area contributed by atoms with E-state index in [0.29, 0.717) is 17.7 Å². The highest BCUT2D eigenvalue weighted by Gasteiger charge is 2.34. The maximum Gasteiger partial charge on any atom is 0.252 e. The van der Waals surface area contributed by atoms with Crippen LogP contribution in [0.1, 0.15) is 46.9 Å². The maximum atomic E-state index is 13.2. The molecule has 0 spiro atoms. The van der Waals surface area contributed by atoms with Crippen LogP contribution >= 0.6 is 0 Å². The van der Waals surface area contributed by atoms with Gasteiger partial charge in [0.05, 0.1) is 17.5 Å². The molecule has 0 unspecified atom stereocenters. The molecule has 0 aliphatic carbocycles. The number of carbonyl (C=O) groups is 1. The van der Waals surface area contributed by atoms with Gasteiger partial charge in [-0.05, 0) is 55.2 Å². The standard InChI is InChI=1S/C25H26N2O3S/c1-3-31(29,30)27-18(2)16-22-17-21(14-15-23(22)27)25(28)26-24(19-10-6-4-7-11-19)20-12-8-5-9-13-20/h4-15,17-18,24H,3,16H2,1-2H3,(H,26,28)/t18-/m1/s1. The summed E-state index contributed by atoms with van der Waals surface area (Å²) in [5.41, 5.74) is 4.08. The predicted octanol–water partition coefficient (Wildman–Crippen LogP) is 4.31. The zero-order valence-corrected chi connectivity index (χ0v) is 18.5. The number of hydrogen-bond acceptors (Lipinski definition) is 3. The zero-order valence-electron chi connectivity index (χ0n) is 17.7. The average Bonchev–Trinajstić information content (AvgIpc) is 3.14. The second-order valence-electron chi connectivity index (χ2n) is 7.82. The third-order valence-corrected chi connectivity index (χ3v) is 7.59. The van der Waals surface area contributed by atoms with Crippen molar-refractivity contribution in [3.63, 3.8) is 0 Å². The summed E-state index contributed by atoms with van der Waals surface area (Å²) in [7, 11) is -3.35. The van der Waals surface area contributed by atoms with Crippen LogP contribution in [0.4, 0.5) is 5.69 Å². The Labute approximate surface area is 183 Å². The van der Waals surface area contributed by atoms with Crippen LogP contribution in [-0.4, -0.2) is 26.1 Å². The highest BCUT2D eigenvalue weighted by Crippen LogP contribution is 2.35. The van der Waals surface area contributed by atoms with Crippen LogP contribution in [0.3, 0.4) is 0 Å². The maximum absolute atomic E-state index is 13.2. The number of carbonyl (C=O) groups excluding carboxylic acids is 1. The lowest BCUT2D eigenvalue weighted by Crippen LogP contribution is -2.36. The third kappa shape index (κ3) is 4.21. The molecular weight excluding hydrogens is 408 g/mol. The number of fused-ring (bicyclic) bond motifs is 1. The Morgan fingerprint density at radius 3 is 2.13 bits per heavy atom. The molecule has 160 valence electrons. The molecule has 0 bridgehead atoms. The van der Waals surface area contributed by atoms with E-state index >= 15 is 0 Å². The van der Waals surface area contributed by atoms with Crippen molar-refractivity contribution in [2.75, 3.05) is 10.1 Å². The molecule has 0 saturated heterocycles. The molecule has 0 fully saturated rings. The minimum absolute atomic E-state index is 0.0504. The van der Waals surface area contributed by atoms with E-state index in [9.17, 15) is 13.2 Å². The lowest BCUT2D eigenvalue weighted by molar-refractivity contribution is 0.0943. The SMILES string of the molecule is CCS(=O)(=O)N1c2ccc(C(=O)NC(c3ccccc3)c3ccccc3)cc2C[C@H]1C. The number of nitrogens with zero attached hydrogens (tertiary/aromatic N) is 1. The number of anilines is 1. The van der Waals surface area contributed by atoms with Crippen molar-refractivity contribution >= 4 is 21.6 Å². The molecule has 0 saturated carbocycles. The molecule has 3 aromatic rings. The van der Waals surface area contributed by atoms with Gasteiger partial charge in [0.15, 0.2) is 0 Å². The van der Waals surface area contributed by atoms with E-state index in [1.165, 1.54) is 4.31 Å². The molecule has 0 aromatic heterocycles. The second kappa shape index (κ2) is 8.55. The van der Waals surface area contributed by atoms with Gasteiger partial charge in [0.25, 0.3) is 5.91 Å². The first kappa shape index (κ1) is 21.1. The van der Waals surface area contributed by atoms with Crippen LogP contribution in [0.5, 0.6) is 0 Å². The normalized spacial score (nSPS) is 15.7. The van der Waals surface area contributed by atoms with Gasteiger partial charge in [-0.1, -0.05) is 60.7 Å². The topological polar surface area (TPSA) is 66.5 Å². The van der Waals surface area contributed by atoms with Gasteiger partial charge in [0.2, 0.25) is 10.0 Å². The van der Waals surface area contributed by atoms with Gasteiger partial charge in [-0.25, -0.2) is 8.42 Å². The van der Waals surface area contributed by atoms with Crippen LogP contribution in [0, 0.1) is 0 Å². The van der Waals surface area contributed by atoms with Gasteiger partial charge in [-0.3, -0.25) is 9.10 Å². The second-order valence-corrected chi connectivity index (χ2v) is 9.96. The van der Waals surface area contributed by atoms with Gasteiger partial charge in [-0.2, -0.15) is 0 Å². The van der Waals surface area contributed by atoms with Gasteiger partial charge in [-0.15, -0.1) is 0 Å². The van der Waals surface area contributed by atoms with Crippen LogP contribution in [-0.2, 0) is 16.4 Å². The van der Waals surface area contributed by atoms with E-state index in [0.717, 1.165) is 16.7 Å². The van der Waals surface area contributed by atoms with Crippen molar-refractivity contribution in [3.8, 4) is 0 Å². The summed E-state index contributed by atoms with van der Waals surface area (Å²) >= 11 is 0. The molecular formula is C25H26N2O3S. The lowest BCUT2D eigenvalue weighted by atomic mass is 9.98. The number of rotatable bonds is 6. The number of sulfonamides is 1. The monoisotopic (exact) mass is 434 g/mol. The fraction of sp³-hybridized carbons (Fsp3) is 0.240. The van der Waals surface area contributed by atoms with E-state index in [1.54, 1.807) is 19.1 Å². The van der Waals surface area contributed by atoms with Crippen LogP contribution in [0.2, 0.25) is 0 Å². The summed E-state index contributed by atoms with van der Waals surface area (Å²) in [6.07, 6.45) is 0.594. The minimum atomic E-state index is -3.35. The van der Waals surface area contributed by atoms with E-state index < -0.39 is 10.0 Å².